The highest BCUT2D eigenvalue weighted by atomic mass is 127. The van der Waals surface area contributed by atoms with Gasteiger partial charge >= 0.3 is 0 Å². The van der Waals surface area contributed by atoms with Crippen LogP contribution in [-0.2, 0) is 0 Å². The number of rotatable bonds is 5. The fourth-order valence-electron chi connectivity index (χ4n) is 2.71. The van der Waals surface area contributed by atoms with E-state index in [1.807, 2.05) is 0 Å². The van der Waals surface area contributed by atoms with Gasteiger partial charge in [0, 0.05) is 19.6 Å². The molecule has 0 aromatic carbocycles. The van der Waals surface area contributed by atoms with Crippen molar-refractivity contribution < 1.29 is 0 Å². The molecule has 3 saturated heterocycles. The summed E-state index contributed by atoms with van der Waals surface area (Å²) in [6.45, 7) is 3.82. The van der Waals surface area contributed by atoms with Crippen molar-refractivity contribution in [2.45, 2.75) is 38.5 Å². The molecule has 2 nitrogen and oxygen atoms in total. The van der Waals surface area contributed by atoms with Gasteiger partial charge in [0.2, 0.25) is 0 Å². The second-order valence-electron chi connectivity index (χ2n) is 4.82. The second-order valence-corrected chi connectivity index (χ2v) is 5.90. The van der Waals surface area contributed by atoms with E-state index in [2.05, 4.69) is 33.0 Å². The van der Waals surface area contributed by atoms with Crippen LogP contribution in [0.15, 0.2) is 0 Å². The van der Waals surface area contributed by atoms with E-state index in [-0.39, 0.29) is 0 Å². The van der Waals surface area contributed by atoms with Crippen molar-refractivity contribution in [1.29, 1.82) is 0 Å². The van der Waals surface area contributed by atoms with Crippen LogP contribution in [-0.4, -0.2) is 29.1 Å². The largest absolute Gasteiger partial charge is 0.255 e. The lowest BCUT2D eigenvalue weighted by atomic mass is 9.73. The summed E-state index contributed by atoms with van der Waals surface area (Å²) in [5, 5.41) is 2.40. The van der Waals surface area contributed by atoms with Gasteiger partial charge in [-0.1, -0.05) is 35.4 Å². The van der Waals surface area contributed by atoms with Crippen LogP contribution in [0.4, 0.5) is 0 Å². The van der Waals surface area contributed by atoms with E-state index in [1.165, 1.54) is 62.6 Å². The van der Waals surface area contributed by atoms with Crippen LogP contribution in [0, 0.1) is 5.41 Å². The maximum atomic E-state index is 3.53. The molecule has 0 amide bonds. The Morgan fingerprint density at radius 2 is 1.93 bits per heavy atom. The molecule has 3 rings (SSSR count). The van der Waals surface area contributed by atoms with Crippen LogP contribution < -0.4 is 5.43 Å². The van der Waals surface area contributed by atoms with Gasteiger partial charge in [0.15, 0.2) is 0 Å². The standard InChI is InChI=1S/C11H21IN2/c12-7-3-1-2-4-11-5-8-14(9-6-11)13-10-11/h13H,1-10H2. The topological polar surface area (TPSA) is 15.3 Å². The molecule has 0 aromatic heterocycles. The minimum absolute atomic E-state index is 0.681. The van der Waals surface area contributed by atoms with Gasteiger partial charge in [0.1, 0.15) is 0 Å². The molecule has 3 heteroatoms. The van der Waals surface area contributed by atoms with Crippen molar-refractivity contribution >= 4 is 22.6 Å². The van der Waals surface area contributed by atoms with E-state index in [1.54, 1.807) is 0 Å². The summed E-state index contributed by atoms with van der Waals surface area (Å²) < 4.78 is 1.33. The molecule has 0 radical (unpaired) electrons. The lowest BCUT2D eigenvalue weighted by Crippen LogP contribution is -2.58. The van der Waals surface area contributed by atoms with Crippen LogP contribution >= 0.6 is 22.6 Å². The number of nitrogens with one attached hydrogen (secondary N) is 1. The Balaban J connectivity index is 1.72. The van der Waals surface area contributed by atoms with Crippen LogP contribution in [0.25, 0.3) is 0 Å². The number of hydrogen-bond donors (Lipinski definition) is 1. The van der Waals surface area contributed by atoms with Gasteiger partial charge in [-0.05, 0) is 35.5 Å². The van der Waals surface area contributed by atoms with E-state index in [9.17, 15) is 0 Å². The summed E-state index contributed by atoms with van der Waals surface area (Å²) in [6.07, 6.45) is 8.63. The molecule has 1 N–H and O–H groups in total. The summed E-state index contributed by atoms with van der Waals surface area (Å²) in [5.74, 6) is 0. The molecule has 0 aromatic rings. The number of piperidine rings is 1. The molecular weight excluding hydrogens is 287 g/mol. The molecule has 3 aliphatic rings. The highest BCUT2D eigenvalue weighted by Gasteiger charge is 2.38. The molecule has 0 spiro atoms. The first-order chi connectivity index (χ1) is 6.85. The average molecular weight is 308 g/mol. The highest BCUT2D eigenvalue weighted by Crippen LogP contribution is 2.38. The number of halogens is 1. The predicted molar refractivity (Wildman–Crippen MR) is 68.6 cm³/mol. The Labute approximate surface area is 101 Å². The average Bonchev–Trinajstić information content (AvgIpc) is 2.27. The Hall–Kier alpha value is 0.650. The Morgan fingerprint density at radius 1 is 1.14 bits per heavy atom. The van der Waals surface area contributed by atoms with E-state index in [0.29, 0.717) is 5.41 Å². The first-order valence-corrected chi connectivity index (χ1v) is 7.42. The quantitative estimate of drug-likeness (QED) is 0.477. The van der Waals surface area contributed by atoms with Crippen molar-refractivity contribution in [3.8, 4) is 0 Å². The number of nitrogens with zero attached hydrogens (tertiary/aromatic N) is 1. The number of fused-ring (bicyclic) bond motifs is 3. The maximum absolute atomic E-state index is 3.53. The first-order valence-electron chi connectivity index (χ1n) is 5.89. The van der Waals surface area contributed by atoms with Gasteiger partial charge < -0.3 is 0 Å². The summed E-state index contributed by atoms with van der Waals surface area (Å²) in [5.41, 5.74) is 4.21. The van der Waals surface area contributed by atoms with Crippen molar-refractivity contribution in [3.63, 3.8) is 0 Å². The molecule has 14 heavy (non-hydrogen) atoms. The van der Waals surface area contributed by atoms with Crippen LogP contribution in [0.1, 0.15) is 38.5 Å². The maximum Gasteiger partial charge on any atom is 0.0160 e. The second kappa shape index (κ2) is 5.12. The normalized spacial score (nSPS) is 36.2. The smallest absolute Gasteiger partial charge is 0.0160 e. The number of hydrogen-bond acceptors (Lipinski definition) is 2. The molecule has 0 atom stereocenters. The minimum atomic E-state index is 0.681. The zero-order valence-corrected chi connectivity index (χ0v) is 11.1. The predicted octanol–water partition coefficient (Wildman–Crippen LogP) is 2.58. The van der Waals surface area contributed by atoms with Crippen molar-refractivity contribution in [2.24, 2.45) is 5.41 Å². The summed E-state index contributed by atoms with van der Waals surface area (Å²) >= 11 is 2.48. The number of alkyl halides is 1. The monoisotopic (exact) mass is 308 g/mol. The molecule has 3 aliphatic heterocycles. The molecule has 0 aliphatic carbocycles. The number of unbranched alkanes of at least 4 members (excludes halogenated alkanes) is 2. The zero-order valence-electron chi connectivity index (χ0n) is 8.90. The van der Waals surface area contributed by atoms with Gasteiger partial charge in [0.05, 0.1) is 0 Å². The summed E-state index contributed by atoms with van der Waals surface area (Å²) in [4.78, 5) is 0. The summed E-state index contributed by atoms with van der Waals surface area (Å²) in [7, 11) is 0. The van der Waals surface area contributed by atoms with Gasteiger partial charge in [-0.25, -0.2) is 5.01 Å². The van der Waals surface area contributed by atoms with Crippen LogP contribution in [0.2, 0.25) is 0 Å². The third kappa shape index (κ3) is 2.61. The zero-order chi connectivity index (χ0) is 9.86. The summed E-state index contributed by atoms with van der Waals surface area (Å²) in [6, 6.07) is 0. The third-order valence-electron chi connectivity index (χ3n) is 3.84. The molecular formula is C11H21IN2. The van der Waals surface area contributed by atoms with E-state index in [4.69, 9.17) is 0 Å². The van der Waals surface area contributed by atoms with Crippen LogP contribution in [0.3, 0.4) is 0 Å². The Bertz CT molecular complexity index is 162. The lowest BCUT2D eigenvalue weighted by Gasteiger charge is -2.49. The van der Waals surface area contributed by atoms with Gasteiger partial charge in [-0.3, -0.25) is 5.43 Å². The fourth-order valence-corrected chi connectivity index (χ4v) is 3.24. The van der Waals surface area contributed by atoms with Crippen molar-refractivity contribution in [1.82, 2.24) is 10.4 Å². The highest BCUT2D eigenvalue weighted by molar-refractivity contribution is 14.1. The Kier molecular flexibility index (Phi) is 4.08. The third-order valence-corrected chi connectivity index (χ3v) is 4.61. The van der Waals surface area contributed by atoms with E-state index in [0.717, 1.165) is 0 Å². The van der Waals surface area contributed by atoms with Gasteiger partial charge in [-0.2, -0.15) is 0 Å². The van der Waals surface area contributed by atoms with Gasteiger partial charge in [-0.15, -0.1) is 0 Å². The first kappa shape index (κ1) is 11.1. The van der Waals surface area contributed by atoms with Crippen molar-refractivity contribution in [2.75, 3.05) is 24.1 Å². The fraction of sp³-hybridized carbons (Fsp3) is 1.00. The Morgan fingerprint density at radius 3 is 2.50 bits per heavy atom. The molecule has 0 unspecified atom stereocenters. The van der Waals surface area contributed by atoms with E-state index < -0.39 is 0 Å². The number of hydrazine groups is 1. The lowest BCUT2D eigenvalue weighted by molar-refractivity contribution is -0.0171. The van der Waals surface area contributed by atoms with E-state index >= 15 is 0 Å². The molecule has 2 bridgehead atoms. The molecule has 3 heterocycles. The SMILES string of the molecule is ICCCCCC12CCN(CC1)NC2. The van der Waals surface area contributed by atoms with Crippen LogP contribution in [0.5, 0.6) is 0 Å². The van der Waals surface area contributed by atoms with Crippen molar-refractivity contribution in [3.05, 3.63) is 0 Å². The van der Waals surface area contributed by atoms with Gasteiger partial charge in [0.25, 0.3) is 0 Å². The molecule has 0 saturated carbocycles. The molecule has 3 fully saturated rings. The molecule has 82 valence electrons. The minimum Gasteiger partial charge on any atom is -0.255 e.